The minimum atomic E-state index is 0.571. The van der Waals surface area contributed by atoms with E-state index in [0.29, 0.717) is 23.3 Å². The summed E-state index contributed by atoms with van der Waals surface area (Å²) in [4.78, 5) is 25.3. The van der Waals surface area contributed by atoms with Crippen molar-refractivity contribution in [2.75, 3.05) is 0 Å². The second-order valence-corrected chi connectivity index (χ2v) is 14.7. The van der Waals surface area contributed by atoms with Gasteiger partial charge >= 0.3 is 0 Å². The molecule has 0 N–H and O–H groups in total. The number of rotatable bonds is 6. The normalized spacial score (nSPS) is 11.6. The Labute approximate surface area is 325 Å². The van der Waals surface area contributed by atoms with Crippen molar-refractivity contribution in [3.63, 3.8) is 0 Å². The molecule has 0 fully saturated rings. The Morgan fingerprint density at radius 2 is 0.857 bits per heavy atom. The van der Waals surface area contributed by atoms with Gasteiger partial charge in [0.25, 0.3) is 0 Å². The molecule has 56 heavy (non-hydrogen) atoms. The van der Waals surface area contributed by atoms with Crippen molar-refractivity contribution in [2.24, 2.45) is 0 Å². The van der Waals surface area contributed by atoms with Gasteiger partial charge in [-0.05, 0) is 47.5 Å². The van der Waals surface area contributed by atoms with Gasteiger partial charge in [0.15, 0.2) is 23.3 Å². The van der Waals surface area contributed by atoms with E-state index in [0.717, 1.165) is 82.2 Å². The van der Waals surface area contributed by atoms with Crippen LogP contribution in [0.1, 0.15) is 0 Å². The van der Waals surface area contributed by atoms with Crippen LogP contribution < -0.4 is 0 Å². The Hall–Kier alpha value is -7.35. The van der Waals surface area contributed by atoms with E-state index >= 15 is 0 Å². The third kappa shape index (κ3) is 5.61. The van der Waals surface area contributed by atoms with Crippen molar-refractivity contribution in [3.8, 4) is 67.9 Å². The van der Waals surface area contributed by atoms with Crippen LogP contribution in [0.2, 0.25) is 0 Å². The fourth-order valence-electron chi connectivity index (χ4n) is 7.36. The lowest BCUT2D eigenvalue weighted by atomic mass is 10.0. The highest BCUT2D eigenvalue weighted by Crippen LogP contribution is 2.40. The van der Waals surface area contributed by atoms with Gasteiger partial charge in [0.05, 0.1) is 15.9 Å². The number of nitrogens with zero attached hydrogens (tertiary/aromatic N) is 5. The standard InChI is InChI=1S/C49H29N5OS/c1-4-12-30(13-5-1)31-20-22-34(23-21-31)47-52-46(33-16-8-3-9-17-33)53-49(54-47)36-24-26-37-39-28-35(25-27-40(39)55-41(37)29-36)48-50-43(32-14-6-2-7-15-32)45-44(51-48)38-18-10-11-19-42(38)56-45/h1-29H. The lowest BCUT2D eigenvalue weighted by Crippen LogP contribution is -2.00. The first-order chi connectivity index (χ1) is 27.7. The molecule has 4 aromatic heterocycles. The molecule has 0 saturated carbocycles. The van der Waals surface area contributed by atoms with Crippen molar-refractivity contribution in [1.82, 2.24) is 24.9 Å². The van der Waals surface area contributed by atoms with Crippen molar-refractivity contribution in [2.45, 2.75) is 0 Å². The first kappa shape index (κ1) is 32.1. The Balaban J connectivity index is 1.01. The smallest absolute Gasteiger partial charge is 0.164 e. The van der Waals surface area contributed by atoms with E-state index < -0.39 is 0 Å². The summed E-state index contributed by atoms with van der Waals surface area (Å²) in [7, 11) is 0. The van der Waals surface area contributed by atoms with Crippen LogP contribution in [0.4, 0.5) is 0 Å². The average Bonchev–Trinajstić information content (AvgIpc) is 3.84. The van der Waals surface area contributed by atoms with E-state index in [1.165, 1.54) is 4.70 Å². The number of thiophene rings is 1. The molecule has 4 heterocycles. The van der Waals surface area contributed by atoms with Crippen LogP contribution >= 0.6 is 11.3 Å². The van der Waals surface area contributed by atoms with Crippen LogP contribution in [0.25, 0.3) is 110 Å². The Morgan fingerprint density at radius 1 is 0.339 bits per heavy atom. The first-order valence-electron chi connectivity index (χ1n) is 18.4. The molecule has 0 saturated heterocycles. The van der Waals surface area contributed by atoms with E-state index in [1.807, 2.05) is 72.8 Å². The fourth-order valence-corrected chi connectivity index (χ4v) is 8.51. The van der Waals surface area contributed by atoms with Gasteiger partial charge in [-0.2, -0.15) is 0 Å². The van der Waals surface area contributed by atoms with Crippen LogP contribution in [0.5, 0.6) is 0 Å². The molecule has 11 rings (SSSR count). The molecular weight excluding hydrogens is 707 g/mol. The van der Waals surface area contributed by atoms with Gasteiger partial charge in [0.2, 0.25) is 0 Å². The monoisotopic (exact) mass is 735 g/mol. The number of aromatic nitrogens is 5. The minimum Gasteiger partial charge on any atom is -0.456 e. The van der Waals surface area contributed by atoms with Gasteiger partial charge in [0, 0.05) is 48.7 Å². The Bertz CT molecular complexity index is 3230. The summed E-state index contributed by atoms with van der Waals surface area (Å²) >= 11 is 1.74. The molecule has 0 amide bonds. The average molecular weight is 736 g/mol. The number of hydrogen-bond acceptors (Lipinski definition) is 7. The van der Waals surface area contributed by atoms with Crippen LogP contribution in [-0.4, -0.2) is 24.9 Å². The number of furan rings is 1. The van der Waals surface area contributed by atoms with Gasteiger partial charge in [-0.1, -0.05) is 140 Å². The number of benzene rings is 7. The highest BCUT2D eigenvalue weighted by Gasteiger charge is 2.19. The number of hydrogen-bond donors (Lipinski definition) is 0. The predicted octanol–water partition coefficient (Wildman–Crippen LogP) is 12.9. The summed E-state index contributed by atoms with van der Waals surface area (Å²) in [5.74, 6) is 2.46. The third-order valence-corrected chi connectivity index (χ3v) is 11.3. The van der Waals surface area contributed by atoms with Crippen molar-refractivity contribution in [3.05, 3.63) is 176 Å². The van der Waals surface area contributed by atoms with Crippen LogP contribution in [0.3, 0.4) is 0 Å². The summed E-state index contributed by atoms with van der Waals surface area (Å²) in [6, 6.07) is 59.9. The third-order valence-electron chi connectivity index (χ3n) is 10.2. The molecule has 0 aliphatic rings. The molecule has 0 spiro atoms. The van der Waals surface area contributed by atoms with E-state index in [9.17, 15) is 0 Å². The summed E-state index contributed by atoms with van der Waals surface area (Å²) < 4.78 is 8.77. The fraction of sp³-hybridized carbons (Fsp3) is 0. The maximum absolute atomic E-state index is 6.49. The van der Waals surface area contributed by atoms with Crippen molar-refractivity contribution in [1.29, 1.82) is 0 Å². The molecule has 0 atom stereocenters. The summed E-state index contributed by atoms with van der Waals surface area (Å²) in [5, 5.41) is 3.12. The molecule has 0 unspecified atom stereocenters. The lowest BCUT2D eigenvalue weighted by Gasteiger charge is -2.09. The molecular formula is C49H29N5OS. The SMILES string of the molecule is c1ccc(-c2ccc(-c3nc(-c4ccccc4)nc(-c4ccc5c(c4)oc4ccc(-c6nc(-c7ccccc7)c7sc8ccccc8c7n6)cc45)n3)cc2)cc1. The zero-order chi connectivity index (χ0) is 37.0. The largest absolute Gasteiger partial charge is 0.456 e. The predicted molar refractivity (Wildman–Crippen MR) is 228 cm³/mol. The van der Waals surface area contributed by atoms with Gasteiger partial charge in [-0.25, -0.2) is 24.9 Å². The Kier molecular flexibility index (Phi) is 7.57. The maximum Gasteiger partial charge on any atom is 0.164 e. The topological polar surface area (TPSA) is 77.6 Å². The maximum atomic E-state index is 6.49. The zero-order valence-corrected chi connectivity index (χ0v) is 30.6. The molecule has 0 radical (unpaired) electrons. The van der Waals surface area contributed by atoms with Gasteiger partial charge in [-0.15, -0.1) is 11.3 Å². The van der Waals surface area contributed by atoms with Crippen LogP contribution in [-0.2, 0) is 0 Å². The quantitative estimate of drug-likeness (QED) is 0.169. The summed E-state index contributed by atoms with van der Waals surface area (Å²) in [5.41, 5.74) is 10.4. The van der Waals surface area contributed by atoms with E-state index in [1.54, 1.807) is 11.3 Å². The highest BCUT2D eigenvalue weighted by molar-refractivity contribution is 7.26. The molecule has 7 aromatic carbocycles. The molecule has 11 aromatic rings. The molecule has 0 aliphatic carbocycles. The van der Waals surface area contributed by atoms with Gasteiger partial charge < -0.3 is 4.42 Å². The van der Waals surface area contributed by atoms with Gasteiger partial charge in [0.1, 0.15) is 11.2 Å². The lowest BCUT2D eigenvalue weighted by molar-refractivity contribution is 0.669. The summed E-state index contributed by atoms with van der Waals surface area (Å²) in [6.45, 7) is 0. The second-order valence-electron chi connectivity index (χ2n) is 13.7. The van der Waals surface area contributed by atoms with E-state index in [2.05, 4.69) is 103 Å². The molecule has 7 heteroatoms. The summed E-state index contributed by atoms with van der Waals surface area (Å²) in [6.07, 6.45) is 0. The second kappa shape index (κ2) is 13.2. The van der Waals surface area contributed by atoms with Crippen LogP contribution in [0.15, 0.2) is 180 Å². The van der Waals surface area contributed by atoms with Crippen molar-refractivity contribution < 1.29 is 4.42 Å². The zero-order valence-electron chi connectivity index (χ0n) is 29.8. The van der Waals surface area contributed by atoms with Crippen LogP contribution in [0, 0.1) is 0 Å². The minimum absolute atomic E-state index is 0.571. The molecule has 262 valence electrons. The Morgan fingerprint density at radius 3 is 1.59 bits per heavy atom. The van der Waals surface area contributed by atoms with E-state index in [4.69, 9.17) is 29.3 Å². The number of fused-ring (bicyclic) bond motifs is 6. The molecule has 6 nitrogen and oxygen atoms in total. The first-order valence-corrected chi connectivity index (χ1v) is 19.2. The van der Waals surface area contributed by atoms with Gasteiger partial charge in [-0.3, -0.25) is 0 Å². The molecule has 0 bridgehead atoms. The van der Waals surface area contributed by atoms with E-state index in [-0.39, 0.29) is 0 Å². The highest BCUT2D eigenvalue weighted by atomic mass is 32.1. The molecule has 0 aliphatic heterocycles. The van der Waals surface area contributed by atoms with Crippen molar-refractivity contribution >= 4 is 53.6 Å².